The van der Waals surface area contributed by atoms with Gasteiger partial charge in [-0.3, -0.25) is 0 Å². The zero-order chi connectivity index (χ0) is 24.4. The van der Waals surface area contributed by atoms with Crippen molar-refractivity contribution in [3.8, 4) is 0 Å². The summed E-state index contributed by atoms with van der Waals surface area (Å²) in [6.07, 6.45) is 3.64. The minimum absolute atomic E-state index is 0.256. The third-order valence-electron chi connectivity index (χ3n) is 6.01. The van der Waals surface area contributed by atoms with E-state index in [0.29, 0.717) is 40.3 Å². The Morgan fingerprint density at radius 2 is 2.00 bits per heavy atom. The normalized spacial score (nSPS) is 15.2. The van der Waals surface area contributed by atoms with Gasteiger partial charge in [-0.1, -0.05) is 61.5 Å². The Morgan fingerprint density at radius 1 is 1.20 bits per heavy atom. The van der Waals surface area contributed by atoms with Crippen LogP contribution in [-0.4, -0.2) is 32.3 Å². The highest BCUT2D eigenvalue weighted by Gasteiger charge is 2.36. The number of hydrogen-bond acceptors (Lipinski definition) is 6. The van der Waals surface area contributed by atoms with Crippen molar-refractivity contribution in [3.05, 3.63) is 82.9 Å². The maximum Gasteiger partial charge on any atom is 0.338 e. The average Bonchev–Trinajstić information content (AvgIpc) is 3.46. The number of carbonyl (C=O) groups is 1. The van der Waals surface area contributed by atoms with Crippen LogP contribution in [0.2, 0.25) is 0 Å². The molecular weight excluding hydrogens is 465 g/mol. The lowest BCUT2D eigenvalue weighted by Gasteiger charge is -2.27. The first-order valence-electron chi connectivity index (χ1n) is 11.6. The van der Waals surface area contributed by atoms with Gasteiger partial charge in [0, 0.05) is 34.1 Å². The SMILES string of the molecule is CCCCOC(=O)C1=C(C)Nc2nc(SCc3ccccc3F)nn2C1c1c[nH]c2ccccc12. The molecule has 1 aliphatic rings. The van der Waals surface area contributed by atoms with E-state index in [1.165, 1.54) is 17.8 Å². The molecule has 1 atom stereocenters. The van der Waals surface area contributed by atoms with Crippen LogP contribution >= 0.6 is 11.8 Å². The molecule has 0 amide bonds. The molecule has 2 aromatic heterocycles. The monoisotopic (exact) mass is 491 g/mol. The number of unbranched alkanes of at least 4 members (excludes halogenated alkanes) is 1. The number of thioether (sulfide) groups is 1. The smallest absolute Gasteiger partial charge is 0.338 e. The number of allylic oxidation sites excluding steroid dienone is 1. The number of hydrogen-bond donors (Lipinski definition) is 2. The highest BCUT2D eigenvalue weighted by molar-refractivity contribution is 7.98. The maximum absolute atomic E-state index is 14.1. The van der Waals surface area contributed by atoms with Gasteiger partial charge >= 0.3 is 5.97 Å². The van der Waals surface area contributed by atoms with Crippen molar-refractivity contribution in [1.82, 2.24) is 19.7 Å². The zero-order valence-electron chi connectivity index (χ0n) is 19.5. The second kappa shape index (κ2) is 9.95. The Hall–Kier alpha value is -3.59. The van der Waals surface area contributed by atoms with E-state index in [-0.39, 0.29) is 11.8 Å². The average molecular weight is 492 g/mol. The number of anilines is 1. The number of para-hydroxylation sites is 1. The number of nitrogens with zero attached hydrogens (tertiary/aromatic N) is 3. The number of ether oxygens (including phenoxy) is 1. The summed E-state index contributed by atoms with van der Waals surface area (Å²) in [4.78, 5) is 21.2. The first kappa shape index (κ1) is 23.2. The molecular formula is C26H26FN5O2S. The number of rotatable bonds is 8. The van der Waals surface area contributed by atoms with E-state index in [0.717, 1.165) is 29.3 Å². The van der Waals surface area contributed by atoms with Crippen molar-refractivity contribution in [2.75, 3.05) is 11.9 Å². The molecule has 4 aromatic rings. The molecule has 0 radical (unpaired) electrons. The number of benzene rings is 2. The Bertz CT molecular complexity index is 1410. The fraction of sp³-hybridized carbons (Fsp3) is 0.269. The summed E-state index contributed by atoms with van der Waals surface area (Å²) in [6.45, 7) is 4.26. The number of carbonyl (C=O) groups excluding carboxylic acids is 1. The van der Waals surface area contributed by atoms with Crippen LogP contribution in [0.5, 0.6) is 0 Å². The first-order valence-corrected chi connectivity index (χ1v) is 12.6. The summed E-state index contributed by atoms with van der Waals surface area (Å²) in [5.41, 5.74) is 3.62. The lowest BCUT2D eigenvalue weighted by atomic mass is 9.95. The van der Waals surface area contributed by atoms with Crippen LogP contribution in [0.3, 0.4) is 0 Å². The third kappa shape index (κ3) is 4.55. The molecule has 5 rings (SSSR count). The predicted molar refractivity (Wildman–Crippen MR) is 135 cm³/mol. The summed E-state index contributed by atoms with van der Waals surface area (Å²) < 4.78 is 21.4. The molecule has 9 heteroatoms. The predicted octanol–water partition coefficient (Wildman–Crippen LogP) is 5.82. The molecule has 3 heterocycles. The molecule has 0 fully saturated rings. The van der Waals surface area contributed by atoms with E-state index in [1.54, 1.807) is 16.8 Å². The number of fused-ring (bicyclic) bond motifs is 2. The minimum atomic E-state index is -0.521. The van der Waals surface area contributed by atoms with Gasteiger partial charge in [-0.15, -0.1) is 5.10 Å². The van der Waals surface area contributed by atoms with Crippen LogP contribution in [-0.2, 0) is 15.3 Å². The van der Waals surface area contributed by atoms with Crippen LogP contribution in [0.1, 0.15) is 43.9 Å². The van der Waals surface area contributed by atoms with Crippen LogP contribution in [0, 0.1) is 5.82 Å². The van der Waals surface area contributed by atoms with Crippen molar-refractivity contribution < 1.29 is 13.9 Å². The van der Waals surface area contributed by atoms with E-state index in [4.69, 9.17) is 9.84 Å². The highest BCUT2D eigenvalue weighted by Crippen LogP contribution is 2.39. The van der Waals surface area contributed by atoms with Crippen LogP contribution in [0.25, 0.3) is 10.9 Å². The van der Waals surface area contributed by atoms with Crippen molar-refractivity contribution in [3.63, 3.8) is 0 Å². The number of halogens is 1. The van der Waals surface area contributed by atoms with Gasteiger partial charge in [0.25, 0.3) is 0 Å². The number of nitrogens with one attached hydrogen (secondary N) is 2. The fourth-order valence-electron chi connectivity index (χ4n) is 4.21. The Balaban J connectivity index is 1.53. The second-order valence-corrected chi connectivity index (χ2v) is 9.33. The number of aromatic nitrogens is 4. The summed E-state index contributed by atoms with van der Waals surface area (Å²) in [6, 6.07) is 14.1. The maximum atomic E-state index is 14.1. The van der Waals surface area contributed by atoms with E-state index < -0.39 is 6.04 Å². The lowest BCUT2D eigenvalue weighted by molar-refractivity contribution is -0.139. The van der Waals surface area contributed by atoms with Gasteiger partial charge in [0.2, 0.25) is 11.1 Å². The number of esters is 1. The van der Waals surface area contributed by atoms with Crippen molar-refractivity contribution in [2.45, 2.75) is 43.6 Å². The van der Waals surface area contributed by atoms with Gasteiger partial charge in [-0.2, -0.15) is 4.98 Å². The molecule has 35 heavy (non-hydrogen) atoms. The summed E-state index contributed by atoms with van der Waals surface area (Å²) in [5, 5.41) is 9.44. The molecule has 0 saturated heterocycles. The van der Waals surface area contributed by atoms with Gasteiger partial charge in [0.1, 0.15) is 11.9 Å². The van der Waals surface area contributed by atoms with Crippen molar-refractivity contribution in [2.24, 2.45) is 0 Å². The molecule has 2 N–H and O–H groups in total. The number of H-pyrrole nitrogens is 1. The lowest BCUT2D eigenvalue weighted by Crippen LogP contribution is -2.29. The largest absolute Gasteiger partial charge is 0.462 e. The van der Waals surface area contributed by atoms with Gasteiger partial charge in [-0.05, 0) is 31.0 Å². The molecule has 180 valence electrons. The van der Waals surface area contributed by atoms with Crippen molar-refractivity contribution in [1.29, 1.82) is 0 Å². The van der Waals surface area contributed by atoms with Gasteiger partial charge in [0.15, 0.2) is 0 Å². The molecule has 7 nitrogen and oxygen atoms in total. The second-order valence-electron chi connectivity index (χ2n) is 8.39. The molecule has 1 aliphatic heterocycles. The van der Waals surface area contributed by atoms with Gasteiger partial charge < -0.3 is 15.0 Å². The van der Waals surface area contributed by atoms with Crippen LogP contribution in [0.15, 0.2) is 71.2 Å². The molecule has 2 aromatic carbocycles. The quantitative estimate of drug-likeness (QED) is 0.183. The Kier molecular flexibility index (Phi) is 6.59. The molecule has 0 bridgehead atoms. The minimum Gasteiger partial charge on any atom is -0.462 e. The van der Waals surface area contributed by atoms with E-state index >= 15 is 0 Å². The first-order chi connectivity index (χ1) is 17.1. The fourth-order valence-corrected chi connectivity index (χ4v) is 5.02. The molecule has 1 unspecified atom stereocenters. The molecule has 0 saturated carbocycles. The Labute approximate surface area is 206 Å². The molecule has 0 aliphatic carbocycles. The van der Waals surface area contributed by atoms with E-state index in [9.17, 15) is 9.18 Å². The van der Waals surface area contributed by atoms with Gasteiger partial charge in [-0.25, -0.2) is 13.9 Å². The van der Waals surface area contributed by atoms with Crippen LogP contribution < -0.4 is 5.32 Å². The van der Waals surface area contributed by atoms with Crippen LogP contribution in [0.4, 0.5) is 10.3 Å². The summed E-state index contributed by atoms with van der Waals surface area (Å²) in [5.74, 6) is 0.291. The summed E-state index contributed by atoms with van der Waals surface area (Å²) >= 11 is 1.35. The Morgan fingerprint density at radius 3 is 2.83 bits per heavy atom. The third-order valence-corrected chi connectivity index (χ3v) is 6.90. The highest BCUT2D eigenvalue weighted by atomic mass is 32.2. The number of aromatic amines is 1. The van der Waals surface area contributed by atoms with Crippen molar-refractivity contribution >= 4 is 34.6 Å². The molecule has 0 spiro atoms. The van der Waals surface area contributed by atoms with E-state index in [2.05, 4.69) is 22.2 Å². The topological polar surface area (TPSA) is 84.8 Å². The standard InChI is InChI=1S/C26H26FN5O2S/c1-3-4-13-34-24(33)22-16(2)29-25-30-26(35-15-17-9-5-7-11-20(17)27)31-32(25)23(22)19-14-28-21-12-8-6-10-18(19)21/h5-12,14,23,28H,3-4,13,15H2,1-2H3,(H,29,30,31). The van der Waals surface area contributed by atoms with E-state index in [1.807, 2.05) is 43.5 Å². The van der Waals surface area contributed by atoms with Gasteiger partial charge in [0.05, 0.1) is 12.2 Å². The summed E-state index contributed by atoms with van der Waals surface area (Å²) in [7, 11) is 0. The zero-order valence-corrected chi connectivity index (χ0v) is 20.4.